The number of ether oxygens (including phenoxy) is 1. The van der Waals surface area contributed by atoms with Crippen molar-refractivity contribution in [1.29, 1.82) is 5.26 Å². The minimum Gasteiger partial charge on any atom is -0.482 e. The van der Waals surface area contributed by atoms with Crippen LogP contribution in [0.1, 0.15) is 33.1 Å². The van der Waals surface area contributed by atoms with E-state index in [1.807, 2.05) is 0 Å². The molecule has 4 rings (SSSR count). The first-order chi connectivity index (χ1) is 11.8. The summed E-state index contributed by atoms with van der Waals surface area (Å²) in [6.07, 6.45) is 2.95. The second kappa shape index (κ2) is 5.28. The number of nitriles is 1. The first-order valence-electron chi connectivity index (χ1n) is 8.57. The quantitative estimate of drug-likeness (QED) is 0.787. The van der Waals surface area contributed by atoms with E-state index in [2.05, 4.69) is 19.9 Å². The van der Waals surface area contributed by atoms with Crippen molar-refractivity contribution >= 4 is 29.1 Å². The third-order valence-electron chi connectivity index (χ3n) is 7.29. The molecule has 1 amide bonds. The standard InChI is InChI=1S/C19H20Cl2N2O2/c1-17-11-23(19(10-22)8-12(17)5-6-18(17,19)2)16(24)9-25-15-4-3-13(20)7-14(15)21/h3-4,7,12H,5-6,8-9,11H2,1-2H3. The van der Waals surface area contributed by atoms with E-state index in [0.29, 0.717) is 28.3 Å². The topological polar surface area (TPSA) is 53.3 Å². The van der Waals surface area contributed by atoms with Crippen molar-refractivity contribution in [3.63, 3.8) is 0 Å². The van der Waals surface area contributed by atoms with Crippen LogP contribution >= 0.6 is 23.2 Å². The maximum Gasteiger partial charge on any atom is 0.261 e. The van der Waals surface area contributed by atoms with Crippen LogP contribution in [0.4, 0.5) is 0 Å². The van der Waals surface area contributed by atoms with E-state index in [4.69, 9.17) is 27.9 Å². The van der Waals surface area contributed by atoms with Crippen LogP contribution in [0.2, 0.25) is 10.0 Å². The lowest BCUT2D eigenvalue weighted by Crippen LogP contribution is -2.55. The minimum atomic E-state index is -0.700. The molecule has 4 nitrogen and oxygen atoms in total. The molecule has 1 aromatic rings. The van der Waals surface area contributed by atoms with Gasteiger partial charge in [0.15, 0.2) is 6.61 Å². The first-order valence-corrected chi connectivity index (χ1v) is 9.33. The van der Waals surface area contributed by atoms with Gasteiger partial charge in [-0.3, -0.25) is 4.79 Å². The molecule has 132 valence electrons. The average Bonchev–Trinajstić information content (AvgIpc) is 3.02. The number of benzene rings is 1. The Kier molecular flexibility index (Phi) is 3.59. The Balaban J connectivity index is 1.55. The molecule has 25 heavy (non-hydrogen) atoms. The molecule has 2 aliphatic carbocycles. The second-order valence-electron chi connectivity index (χ2n) is 8.00. The summed E-state index contributed by atoms with van der Waals surface area (Å²) in [5, 5.41) is 10.9. The van der Waals surface area contributed by atoms with E-state index in [9.17, 15) is 10.1 Å². The molecular weight excluding hydrogens is 359 g/mol. The van der Waals surface area contributed by atoms with Gasteiger partial charge in [0.05, 0.1) is 11.1 Å². The van der Waals surface area contributed by atoms with Crippen LogP contribution in [-0.4, -0.2) is 29.5 Å². The molecule has 1 saturated heterocycles. The zero-order valence-electron chi connectivity index (χ0n) is 14.3. The van der Waals surface area contributed by atoms with Gasteiger partial charge in [-0.1, -0.05) is 37.0 Å². The molecule has 4 atom stereocenters. The van der Waals surface area contributed by atoms with Gasteiger partial charge in [0.25, 0.3) is 5.91 Å². The summed E-state index contributed by atoms with van der Waals surface area (Å²) in [5.41, 5.74) is -0.807. The summed E-state index contributed by atoms with van der Waals surface area (Å²) in [4.78, 5) is 14.7. The molecular formula is C19H20Cl2N2O2. The number of carbonyl (C=O) groups excluding carboxylic acids is 1. The highest BCUT2D eigenvalue weighted by molar-refractivity contribution is 6.35. The van der Waals surface area contributed by atoms with Crippen LogP contribution in [0, 0.1) is 28.1 Å². The SMILES string of the molecule is CC12CN(C(=O)COc3ccc(Cl)cc3Cl)C3(C#N)CC1CCC23C. The van der Waals surface area contributed by atoms with Crippen LogP contribution in [0.15, 0.2) is 18.2 Å². The predicted molar refractivity (Wildman–Crippen MR) is 95.6 cm³/mol. The van der Waals surface area contributed by atoms with E-state index in [1.54, 1.807) is 23.1 Å². The van der Waals surface area contributed by atoms with Crippen molar-refractivity contribution in [2.24, 2.45) is 16.7 Å². The highest BCUT2D eigenvalue weighted by atomic mass is 35.5. The fraction of sp³-hybridized carbons (Fsp3) is 0.579. The average molecular weight is 379 g/mol. The van der Waals surface area contributed by atoms with Crippen molar-refractivity contribution in [3.8, 4) is 11.8 Å². The summed E-state index contributed by atoms with van der Waals surface area (Å²) in [5.74, 6) is 0.810. The van der Waals surface area contributed by atoms with Crippen molar-refractivity contribution in [2.45, 2.75) is 38.6 Å². The number of rotatable bonds is 3. The Morgan fingerprint density at radius 3 is 2.84 bits per heavy atom. The number of piperidine rings is 1. The Hall–Kier alpha value is -1.44. The van der Waals surface area contributed by atoms with Crippen molar-refractivity contribution < 1.29 is 9.53 Å². The molecule has 6 heteroatoms. The van der Waals surface area contributed by atoms with E-state index in [-0.39, 0.29) is 23.3 Å². The van der Waals surface area contributed by atoms with Crippen LogP contribution in [-0.2, 0) is 4.79 Å². The van der Waals surface area contributed by atoms with Gasteiger partial charge < -0.3 is 9.64 Å². The van der Waals surface area contributed by atoms with E-state index < -0.39 is 5.54 Å². The number of amides is 1. The largest absolute Gasteiger partial charge is 0.482 e. The zero-order valence-corrected chi connectivity index (χ0v) is 15.8. The normalized spacial score (nSPS) is 38.0. The lowest BCUT2D eigenvalue weighted by atomic mass is 9.66. The van der Waals surface area contributed by atoms with Gasteiger partial charge in [-0.15, -0.1) is 0 Å². The lowest BCUT2D eigenvalue weighted by Gasteiger charge is -2.43. The third kappa shape index (κ3) is 1.97. The number of carbonyl (C=O) groups is 1. The van der Waals surface area contributed by atoms with Crippen LogP contribution in [0.25, 0.3) is 0 Å². The molecule has 1 aliphatic heterocycles. The van der Waals surface area contributed by atoms with Gasteiger partial charge in [0.2, 0.25) is 0 Å². The minimum absolute atomic E-state index is 0.0241. The van der Waals surface area contributed by atoms with Gasteiger partial charge in [-0.05, 0) is 48.8 Å². The molecule has 2 saturated carbocycles. The molecule has 3 aliphatic rings. The second-order valence-corrected chi connectivity index (χ2v) is 8.85. The van der Waals surface area contributed by atoms with Crippen molar-refractivity contribution in [3.05, 3.63) is 28.2 Å². The van der Waals surface area contributed by atoms with Gasteiger partial charge in [-0.25, -0.2) is 0 Å². The molecule has 1 heterocycles. The summed E-state index contributed by atoms with van der Waals surface area (Å²) in [6, 6.07) is 7.42. The third-order valence-corrected chi connectivity index (χ3v) is 7.82. The number of hydrogen-bond acceptors (Lipinski definition) is 3. The van der Waals surface area contributed by atoms with Gasteiger partial charge in [-0.2, -0.15) is 5.26 Å². The van der Waals surface area contributed by atoms with Crippen LogP contribution in [0.5, 0.6) is 5.75 Å². The predicted octanol–water partition coefficient (Wildman–Crippen LogP) is 4.30. The van der Waals surface area contributed by atoms with Crippen LogP contribution in [0.3, 0.4) is 0 Å². The summed E-state index contributed by atoms with van der Waals surface area (Å²) >= 11 is 12.0. The van der Waals surface area contributed by atoms with Gasteiger partial charge in [0.1, 0.15) is 11.3 Å². The fourth-order valence-corrected chi connectivity index (χ4v) is 6.08. The molecule has 0 N–H and O–H groups in total. The zero-order chi connectivity index (χ0) is 18.0. The molecule has 1 aromatic carbocycles. The smallest absolute Gasteiger partial charge is 0.261 e. The van der Waals surface area contributed by atoms with Crippen LogP contribution < -0.4 is 4.74 Å². The van der Waals surface area contributed by atoms with E-state index in [1.165, 1.54) is 0 Å². The summed E-state index contributed by atoms with van der Waals surface area (Å²) in [7, 11) is 0. The maximum atomic E-state index is 12.9. The van der Waals surface area contributed by atoms with E-state index >= 15 is 0 Å². The number of hydrogen-bond donors (Lipinski definition) is 0. The lowest BCUT2D eigenvalue weighted by molar-refractivity contribution is -0.139. The first kappa shape index (κ1) is 17.0. The molecule has 4 unspecified atom stereocenters. The highest BCUT2D eigenvalue weighted by Gasteiger charge is 2.78. The van der Waals surface area contributed by atoms with E-state index in [0.717, 1.165) is 19.3 Å². The monoisotopic (exact) mass is 378 g/mol. The Morgan fingerprint density at radius 1 is 1.44 bits per heavy atom. The van der Waals surface area contributed by atoms with Gasteiger partial charge in [0, 0.05) is 17.0 Å². The molecule has 0 spiro atoms. The number of nitrogens with zero attached hydrogens (tertiary/aromatic N) is 2. The van der Waals surface area contributed by atoms with Crippen molar-refractivity contribution in [1.82, 2.24) is 4.90 Å². The summed E-state index contributed by atoms with van der Waals surface area (Å²) in [6.45, 7) is 4.95. The fourth-order valence-electron chi connectivity index (χ4n) is 5.62. The number of likely N-dealkylation sites (tertiary alicyclic amines) is 1. The maximum absolute atomic E-state index is 12.9. The highest BCUT2D eigenvalue weighted by Crippen LogP contribution is 2.75. The molecule has 4 bridgehead atoms. The number of halogens is 2. The molecule has 3 fully saturated rings. The Morgan fingerprint density at radius 2 is 2.20 bits per heavy atom. The van der Waals surface area contributed by atoms with Gasteiger partial charge >= 0.3 is 0 Å². The molecule has 0 radical (unpaired) electrons. The molecule has 0 aromatic heterocycles. The van der Waals surface area contributed by atoms with Crippen molar-refractivity contribution in [2.75, 3.05) is 13.2 Å². The Labute approximate surface area is 157 Å². The Bertz CT molecular complexity index is 807. The summed E-state index contributed by atoms with van der Waals surface area (Å²) < 4.78 is 5.62.